The van der Waals surface area contributed by atoms with Crippen molar-refractivity contribution < 1.29 is 0 Å². The molecule has 0 amide bonds. The van der Waals surface area contributed by atoms with Gasteiger partial charge in [0.1, 0.15) is 5.03 Å². The number of aliphatic imine (C=N–C) groups is 1. The Morgan fingerprint density at radius 3 is 2.88 bits per heavy atom. The first-order chi connectivity index (χ1) is 3.93. The van der Waals surface area contributed by atoms with Crippen LogP contribution in [0.3, 0.4) is 0 Å². The van der Waals surface area contributed by atoms with Gasteiger partial charge in [-0.15, -0.1) is 11.7 Å². The molecule has 1 nitrogen and oxygen atoms in total. The van der Waals surface area contributed by atoms with Crippen LogP contribution in [0.15, 0.2) is 16.1 Å². The average Bonchev–Trinajstić information content (AvgIpc) is 1.90. The molecule has 0 aromatic heterocycles. The lowest BCUT2D eigenvalue weighted by Crippen LogP contribution is -1.82. The summed E-state index contributed by atoms with van der Waals surface area (Å²) in [7, 11) is 1.40. The van der Waals surface area contributed by atoms with Crippen molar-refractivity contribution in [3.8, 4) is 0 Å². The fourth-order valence-corrected chi connectivity index (χ4v) is 1.23. The van der Waals surface area contributed by atoms with Gasteiger partial charge in [-0.05, 0) is 23.6 Å². The molecule has 0 spiro atoms. The lowest BCUT2D eigenvalue weighted by Gasteiger charge is -1.98. The Morgan fingerprint density at radius 2 is 2.50 bits per heavy atom. The first-order valence-corrected chi connectivity index (χ1v) is 4.34. The molecule has 0 aromatic rings. The number of hydrogen-bond donors (Lipinski definition) is 1. The summed E-state index contributed by atoms with van der Waals surface area (Å²) in [5, 5.41) is 1.03. The van der Waals surface area contributed by atoms with Crippen molar-refractivity contribution >= 4 is 28.7 Å². The first-order valence-electron chi connectivity index (χ1n) is 2.47. The highest BCUT2D eigenvalue weighted by Gasteiger charge is 1.93. The molecule has 1 aliphatic rings. The second-order valence-corrected chi connectivity index (χ2v) is 2.67. The Balaban J connectivity index is 2.51. The highest BCUT2D eigenvalue weighted by atomic mass is 33.1. The van der Waals surface area contributed by atoms with Gasteiger partial charge in [0.25, 0.3) is 0 Å². The van der Waals surface area contributed by atoms with E-state index >= 15 is 0 Å². The van der Waals surface area contributed by atoms with Gasteiger partial charge in [0.15, 0.2) is 0 Å². The minimum Gasteiger partial charge on any atom is -0.254 e. The lowest BCUT2D eigenvalue weighted by atomic mass is 10.3. The third kappa shape index (κ3) is 1.56. The van der Waals surface area contributed by atoms with Crippen molar-refractivity contribution in [3.05, 3.63) is 11.1 Å². The summed E-state index contributed by atoms with van der Waals surface area (Å²) >= 11 is 4.00. The van der Waals surface area contributed by atoms with Crippen LogP contribution in [0.25, 0.3) is 0 Å². The Morgan fingerprint density at radius 1 is 1.62 bits per heavy atom. The van der Waals surface area contributed by atoms with E-state index in [-0.39, 0.29) is 0 Å². The zero-order valence-corrected chi connectivity index (χ0v) is 6.08. The maximum atomic E-state index is 4.07. The van der Waals surface area contributed by atoms with E-state index in [0.29, 0.717) is 0 Å². The molecular weight excluding hydrogens is 138 g/mol. The van der Waals surface area contributed by atoms with E-state index in [2.05, 4.69) is 22.7 Å². The zero-order chi connectivity index (χ0) is 5.82. The van der Waals surface area contributed by atoms with E-state index in [4.69, 9.17) is 0 Å². The van der Waals surface area contributed by atoms with Gasteiger partial charge in [-0.1, -0.05) is 6.08 Å². The van der Waals surface area contributed by atoms with Gasteiger partial charge in [0, 0.05) is 6.21 Å². The zero-order valence-electron chi connectivity index (χ0n) is 4.37. The van der Waals surface area contributed by atoms with Gasteiger partial charge in [-0.3, -0.25) is 4.99 Å². The molecule has 0 saturated heterocycles. The van der Waals surface area contributed by atoms with Crippen molar-refractivity contribution in [1.29, 1.82) is 0 Å². The van der Waals surface area contributed by atoms with Crippen LogP contribution in [0.2, 0.25) is 0 Å². The molecule has 0 N–H and O–H groups in total. The molecule has 1 aliphatic heterocycles. The Bertz CT molecular complexity index is 128. The molecule has 1 rings (SSSR count). The number of hydrogen-bond acceptors (Lipinski definition) is 3. The summed E-state index contributed by atoms with van der Waals surface area (Å²) < 4.78 is 0. The summed E-state index contributed by atoms with van der Waals surface area (Å²) in [6.07, 6.45) is 6.22. The quantitative estimate of drug-likeness (QED) is 0.441. The topological polar surface area (TPSA) is 12.4 Å². The van der Waals surface area contributed by atoms with Crippen LogP contribution in [0.1, 0.15) is 12.8 Å². The van der Waals surface area contributed by atoms with Crippen LogP contribution in [-0.2, 0) is 0 Å². The van der Waals surface area contributed by atoms with E-state index in [1.54, 1.807) is 0 Å². The van der Waals surface area contributed by atoms with Crippen molar-refractivity contribution in [2.45, 2.75) is 12.8 Å². The van der Waals surface area contributed by atoms with Gasteiger partial charge < -0.3 is 0 Å². The van der Waals surface area contributed by atoms with Gasteiger partial charge in [0.2, 0.25) is 0 Å². The minimum absolute atomic E-state index is 1.03. The lowest BCUT2D eigenvalue weighted by molar-refractivity contribution is 1.08. The smallest absolute Gasteiger partial charge is 0.102 e. The third-order valence-electron chi connectivity index (χ3n) is 0.927. The maximum absolute atomic E-state index is 4.07. The highest BCUT2D eigenvalue weighted by Crippen LogP contribution is 2.22. The van der Waals surface area contributed by atoms with Gasteiger partial charge >= 0.3 is 0 Å². The second-order valence-electron chi connectivity index (χ2n) is 1.52. The molecule has 0 unspecified atom stereocenters. The van der Waals surface area contributed by atoms with E-state index < -0.39 is 0 Å². The van der Waals surface area contributed by atoms with Crippen LogP contribution < -0.4 is 0 Å². The van der Waals surface area contributed by atoms with Crippen molar-refractivity contribution in [2.75, 3.05) is 0 Å². The molecule has 1 heterocycles. The van der Waals surface area contributed by atoms with Crippen LogP contribution in [0.5, 0.6) is 0 Å². The van der Waals surface area contributed by atoms with Crippen LogP contribution >= 0.6 is 22.5 Å². The molecule has 0 radical (unpaired) electrons. The highest BCUT2D eigenvalue weighted by molar-refractivity contribution is 8.70. The predicted molar refractivity (Wildman–Crippen MR) is 42.4 cm³/mol. The molecule has 8 heavy (non-hydrogen) atoms. The van der Waals surface area contributed by atoms with E-state index in [1.165, 1.54) is 10.8 Å². The molecule has 44 valence electrons. The molecule has 0 bridgehead atoms. The van der Waals surface area contributed by atoms with Crippen molar-refractivity contribution in [1.82, 2.24) is 0 Å². The predicted octanol–water partition coefficient (Wildman–Crippen LogP) is 2.27. The SMILES string of the molecule is SSC1=CCCC=N1. The third-order valence-corrected chi connectivity index (χ3v) is 1.95. The Kier molecular flexibility index (Phi) is 2.49. The molecule has 0 saturated carbocycles. The molecule has 0 aliphatic carbocycles. The number of allylic oxidation sites excluding steroid dienone is 1. The number of nitrogens with zero attached hydrogens (tertiary/aromatic N) is 1. The molecule has 0 aromatic carbocycles. The molecule has 0 fully saturated rings. The second kappa shape index (κ2) is 3.20. The van der Waals surface area contributed by atoms with E-state index in [0.717, 1.165) is 17.9 Å². The normalized spacial score (nSPS) is 18.4. The number of rotatable bonds is 1. The summed E-state index contributed by atoms with van der Waals surface area (Å²) in [4.78, 5) is 4.07. The van der Waals surface area contributed by atoms with E-state index in [1.807, 2.05) is 6.21 Å². The number of thiol groups is 1. The van der Waals surface area contributed by atoms with Crippen LogP contribution in [0.4, 0.5) is 0 Å². The average molecular weight is 145 g/mol. The van der Waals surface area contributed by atoms with Gasteiger partial charge in [-0.25, -0.2) is 0 Å². The Hall–Kier alpha value is 0.110. The fourth-order valence-electron chi connectivity index (χ4n) is 0.549. The fraction of sp³-hybridized carbons (Fsp3) is 0.400. The van der Waals surface area contributed by atoms with Crippen LogP contribution in [-0.4, -0.2) is 6.21 Å². The summed E-state index contributed by atoms with van der Waals surface area (Å²) in [5.41, 5.74) is 0. The Labute approximate surface area is 58.1 Å². The van der Waals surface area contributed by atoms with E-state index in [9.17, 15) is 0 Å². The molecule has 3 heteroatoms. The van der Waals surface area contributed by atoms with Gasteiger partial charge in [-0.2, -0.15) is 0 Å². The van der Waals surface area contributed by atoms with Gasteiger partial charge in [0.05, 0.1) is 0 Å². The van der Waals surface area contributed by atoms with Crippen molar-refractivity contribution in [3.63, 3.8) is 0 Å². The minimum atomic E-state index is 1.03. The largest absolute Gasteiger partial charge is 0.254 e. The molecular formula is C5H7NS2. The summed E-state index contributed by atoms with van der Waals surface area (Å²) in [6.45, 7) is 0. The maximum Gasteiger partial charge on any atom is 0.102 e. The van der Waals surface area contributed by atoms with Crippen molar-refractivity contribution in [2.24, 2.45) is 4.99 Å². The summed E-state index contributed by atoms with van der Waals surface area (Å²) in [6, 6.07) is 0. The molecule has 0 atom stereocenters. The van der Waals surface area contributed by atoms with Crippen LogP contribution in [0, 0.1) is 0 Å². The monoisotopic (exact) mass is 145 g/mol. The first kappa shape index (κ1) is 6.23. The standard InChI is InChI=1S/C5H7NS2/c7-8-5-3-1-2-4-6-5/h3-4,7H,1-2H2. The summed E-state index contributed by atoms with van der Waals surface area (Å²) in [5.74, 6) is 0.